The summed E-state index contributed by atoms with van der Waals surface area (Å²) in [7, 11) is 1.73. The lowest BCUT2D eigenvalue weighted by Gasteiger charge is -2.37. The Balaban J connectivity index is 1.54. The first kappa shape index (κ1) is 14.3. The Morgan fingerprint density at radius 2 is 1.78 bits per heavy atom. The maximum absolute atomic E-state index is 5.48. The number of fused-ring (bicyclic) bond motifs is 1. The monoisotopic (exact) mass is 326 g/mol. The Morgan fingerprint density at radius 1 is 1.00 bits per heavy atom. The van der Waals surface area contributed by atoms with Crippen LogP contribution in [0.15, 0.2) is 42.0 Å². The first-order valence-electron chi connectivity index (χ1n) is 7.68. The van der Waals surface area contributed by atoms with Crippen LogP contribution in [0.25, 0.3) is 10.2 Å². The number of hydrogen-bond acceptors (Lipinski definition) is 6. The minimum absolute atomic E-state index is 0.934. The standard InChI is InChI=1S/C17H18N4OS/c1-22-15-5-3-2-4-14(15)20-7-9-21(10-8-20)16-13-6-11-23-17(13)19-12-18-16/h2-6,11-12H,7-10H2,1H3. The van der Waals surface area contributed by atoms with Gasteiger partial charge in [0.25, 0.3) is 0 Å². The van der Waals surface area contributed by atoms with E-state index in [-0.39, 0.29) is 0 Å². The molecule has 0 atom stereocenters. The number of thiophene rings is 1. The second kappa shape index (κ2) is 6.04. The van der Waals surface area contributed by atoms with Crippen LogP contribution in [0.3, 0.4) is 0 Å². The molecule has 118 valence electrons. The number of rotatable bonds is 3. The molecule has 23 heavy (non-hydrogen) atoms. The van der Waals surface area contributed by atoms with E-state index in [0.29, 0.717) is 0 Å². The molecular weight excluding hydrogens is 308 g/mol. The van der Waals surface area contributed by atoms with Crippen molar-refractivity contribution >= 4 is 33.1 Å². The molecule has 0 bridgehead atoms. The van der Waals surface area contributed by atoms with Crippen molar-refractivity contribution in [2.24, 2.45) is 0 Å². The average Bonchev–Trinajstić information content (AvgIpc) is 3.10. The zero-order valence-corrected chi connectivity index (χ0v) is 13.8. The van der Waals surface area contributed by atoms with Gasteiger partial charge in [-0.25, -0.2) is 9.97 Å². The normalized spacial score (nSPS) is 15.2. The predicted octanol–water partition coefficient (Wildman–Crippen LogP) is 3.03. The van der Waals surface area contributed by atoms with E-state index in [4.69, 9.17) is 4.74 Å². The Morgan fingerprint density at radius 3 is 2.61 bits per heavy atom. The molecule has 0 unspecified atom stereocenters. The lowest BCUT2D eigenvalue weighted by molar-refractivity contribution is 0.413. The minimum Gasteiger partial charge on any atom is -0.495 e. The summed E-state index contributed by atoms with van der Waals surface area (Å²) in [5.41, 5.74) is 1.16. The van der Waals surface area contributed by atoms with Crippen molar-refractivity contribution < 1.29 is 4.74 Å². The van der Waals surface area contributed by atoms with Gasteiger partial charge in [0.15, 0.2) is 0 Å². The number of aromatic nitrogens is 2. The molecule has 0 saturated carbocycles. The number of anilines is 2. The smallest absolute Gasteiger partial charge is 0.142 e. The van der Waals surface area contributed by atoms with E-state index in [2.05, 4.69) is 43.3 Å². The molecule has 1 fully saturated rings. The van der Waals surface area contributed by atoms with E-state index in [1.54, 1.807) is 24.8 Å². The predicted molar refractivity (Wildman–Crippen MR) is 94.8 cm³/mol. The Bertz CT molecular complexity index is 811. The van der Waals surface area contributed by atoms with Gasteiger partial charge in [0.2, 0.25) is 0 Å². The van der Waals surface area contributed by atoms with E-state index in [1.165, 1.54) is 0 Å². The lowest BCUT2D eigenvalue weighted by Crippen LogP contribution is -2.47. The van der Waals surface area contributed by atoms with Crippen LogP contribution in [-0.2, 0) is 0 Å². The van der Waals surface area contributed by atoms with Crippen LogP contribution in [0.1, 0.15) is 0 Å². The number of hydrogen-bond donors (Lipinski definition) is 0. The quantitative estimate of drug-likeness (QED) is 0.740. The Kier molecular flexibility index (Phi) is 3.75. The summed E-state index contributed by atoms with van der Waals surface area (Å²) in [4.78, 5) is 14.6. The van der Waals surface area contributed by atoms with Crippen LogP contribution < -0.4 is 14.5 Å². The Labute approximate surface area is 139 Å². The molecule has 0 amide bonds. The highest BCUT2D eigenvalue weighted by atomic mass is 32.1. The number of para-hydroxylation sites is 2. The van der Waals surface area contributed by atoms with Crippen molar-refractivity contribution in [2.75, 3.05) is 43.1 Å². The Hall–Kier alpha value is -2.34. The van der Waals surface area contributed by atoms with Gasteiger partial charge in [-0.15, -0.1) is 11.3 Å². The van der Waals surface area contributed by atoms with Gasteiger partial charge in [-0.3, -0.25) is 0 Å². The summed E-state index contributed by atoms with van der Waals surface area (Å²) in [5, 5.41) is 3.23. The molecule has 1 aromatic carbocycles. The van der Waals surface area contributed by atoms with Crippen molar-refractivity contribution in [3.05, 3.63) is 42.0 Å². The fourth-order valence-corrected chi connectivity index (χ4v) is 3.81. The summed E-state index contributed by atoms with van der Waals surface area (Å²) >= 11 is 1.66. The number of methoxy groups -OCH3 is 1. The summed E-state index contributed by atoms with van der Waals surface area (Å²) < 4.78 is 5.48. The van der Waals surface area contributed by atoms with Crippen molar-refractivity contribution in [3.63, 3.8) is 0 Å². The van der Waals surface area contributed by atoms with Crippen LogP contribution in [0.5, 0.6) is 5.75 Å². The summed E-state index contributed by atoms with van der Waals surface area (Å²) in [6.45, 7) is 3.80. The van der Waals surface area contributed by atoms with Gasteiger partial charge in [-0.1, -0.05) is 12.1 Å². The highest BCUT2D eigenvalue weighted by Crippen LogP contribution is 2.31. The van der Waals surface area contributed by atoms with E-state index >= 15 is 0 Å². The van der Waals surface area contributed by atoms with Crippen molar-refractivity contribution in [1.82, 2.24) is 9.97 Å². The third-order valence-corrected chi connectivity index (χ3v) is 5.07. The molecule has 1 saturated heterocycles. The third kappa shape index (κ3) is 2.59. The first-order chi connectivity index (χ1) is 11.4. The SMILES string of the molecule is COc1ccccc1N1CCN(c2ncnc3sccc23)CC1. The molecule has 1 aliphatic heterocycles. The van der Waals surface area contributed by atoms with E-state index < -0.39 is 0 Å². The van der Waals surface area contributed by atoms with Crippen LogP contribution in [0.4, 0.5) is 11.5 Å². The molecule has 4 rings (SSSR count). The minimum atomic E-state index is 0.934. The summed E-state index contributed by atoms with van der Waals surface area (Å²) in [6, 6.07) is 10.3. The molecule has 0 spiro atoms. The number of benzene rings is 1. The average molecular weight is 326 g/mol. The molecule has 0 aliphatic carbocycles. The maximum Gasteiger partial charge on any atom is 0.142 e. The summed E-state index contributed by atoms with van der Waals surface area (Å²) in [5.74, 6) is 1.99. The van der Waals surface area contributed by atoms with Gasteiger partial charge in [-0.2, -0.15) is 0 Å². The number of nitrogens with zero attached hydrogens (tertiary/aromatic N) is 4. The van der Waals surface area contributed by atoms with Gasteiger partial charge in [0.05, 0.1) is 18.2 Å². The van der Waals surface area contributed by atoms with Crippen molar-refractivity contribution in [2.45, 2.75) is 0 Å². The van der Waals surface area contributed by atoms with E-state index in [0.717, 1.165) is 53.7 Å². The fraction of sp³-hybridized carbons (Fsp3) is 0.294. The molecule has 1 aliphatic rings. The zero-order chi connectivity index (χ0) is 15.6. The molecule has 3 heterocycles. The maximum atomic E-state index is 5.48. The van der Waals surface area contributed by atoms with Gasteiger partial charge in [0.1, 0.15) is 22.7 Å². The zero-order valence-electron chi connectivity index (χ0n) is 13.0. The molecule has 6 heteroatoms. The molecule has 3 aromatic rings. The van der Waals surface area contributed by atoms with Gasteiger partial charge in [-0.05, 0) is 23.6 Å². The first-order valence-corrected chi connectivity index (χ1v) is 8.56. The van der Waals surface area contributed by atoms with Gasteiger partial charge in [0, 0.05) is 26.2 Å². The van der Waals surface area contributed by atoms with Crippen molar-refractivity contribution in [3.8, 4) is 5.75 Å². The van der Waals surface area contributed by atoms with Gasteiger partial charge >= 0.3 is 0 Å². The lowest BCUT2D eigenvalue weighted by atomic mass is 10.2. The number of ether oxygens (including phenoxy) is 1. The van der Waals surface area contributed by atoms with Crippen molar-refractivity contribution in [1.29, 1.82) is 0 Å². The molecule has 2 aromatic heterocycles. The largest absolute Gasteiger partial charge is 0.495 e. The second-order valence-electron chi connectivity index (χ2n) is 5.48. The van der Waals surface area contributed by atoms with E-state index in [9.17, 15) is 0 Å². The molecule has 0 N–H and O–H groups in total. The summed E-state index contributed by atoms with van der Waals surface area (Å²) in [6.07, 6.45) is 1.67. The highest BCUT2D eigenvalue weighted by molar-refractivity contribution is 7.16. The molecular formula is C17H18N4OS. The topological polar surface area (TPSA) is 41.5 Å². The van der Waals surface area contributed by atoms with Crippen LogP contribution in [0.2, 0.25) is 0 Å². The molecule has 0 radical (unpaired) electrons. The third-order valence-electron chi connectivity index (χ3n) is 4.25. The van der Waals surface area contributed by atoms with Crippen LogP contribution in [0, 0.1) is 0 Å². The highest BCUT2D eigenvalue weighted by Gasteiger charge is 2.21. The van der Waals surface area contributed by atoms with Gasteiger partial charge < -0.3 is 14.5 Å². The van der Waals surface area contributed by atoms with Crippen LogP contribution in [-0.4, -0.2) is 43.3 Å². The second-order valence-corrected chi connectivity index (χ2v) is 6.38. The fourth-order valence-electron chi connectivity index (χ4n) is 3.08. The van der Waals surface area contributed by atoms with Crippen LogP contribution >= 0.6 is 11.3 Å². The van der Waals surface area contributed by atoms with E-state index in [1.807, 2.05) is 12.1 Å². The molecule has 5 nitrogen and oxygen atoms in total. The number of piperazine rings is 1.